The summed E-state index contributed by atoms with van der Waals surface area (Å²) in [5.41, 5.74) is 11.0. The molecule has 3 N–H and O–H groups in total. The Balaban J connectivity index is 1.33. The second-order valence-corrected chi connectivity index (χ2v) is 12.1. The van der Waals surface area contributed by atoms with E-state index < -0.39 is 10.0 Å². The molecule has 2 heterocycles. The Morgan fingerprint density at radius 2 is 1.67 bits per heavy atom. The lowest BCUT2D eigenvalue weighted by molar-refractivity contribution is -0.143. The quantitative estimate of drug-likeness (QED) is 0.460. The van der Waals surface area contributed by atoms with Crippen LogP contribution in [0.5, 0.6) is 5.75 Å². The third kappa shape index (κ3) is 4.44. The van der Waals surface area contributed by atoms with Gasteiger partial charge in [0.2, 0.25) is 10.0 Å². The minimum atomic E-state index is -3.36. The van der Waals surface area contributed by atoms with Crippen molar-refractivity contribution in [3.63, 3.8) is 0 Å². The summed E-state index contributed by atoms with van der Waals surface area (Å²) in [6.45, 7) is 1.32. The highest BCUT2D eigenvalue weighted by atomic mass is 32.2. The summed E-state index contributed by atoms with van der Waals surface area (Å²) in [6, 6.07) is 14.0. The van der Waals surface area contributed by atoms with Crippen LogP contribution in [0, 0.1) is 0 Å². The number of nitrogen functional groups attached to an aromatic ring is 1. The molecule has 2 aliphatic carbocycles. The number of hydrogen-bond acceptors (Lipinski definition) is 6. The minimum absolute atomic E-state index is 0.138. The number of nitrogens with two attached hydrogens (primary N) is 1. The van der Waals surface area contributed by atoms with Crippen LogP contribution in [-0.2, 0) is 19.5 Å². The Labute approximate surface area is 211 Å². The second kappa shape index (κ2) is 9.61. The number of fused-ring (bicyclic) bond motifs is 1. The number of sulfonamides is 1. The molecule has 192 valence electrons. The van der Waals surface area contributed by atoms with E-state index in [2.05, 4.69) is 15.4 Å². The average molecular weight is 512 g/mol. The van der Waals surface area contributed by atoms with Gasteiger partial charge in [-0.05, 0) is 56.4 Å². The summed E-state index contributed by atoms with van der Waals surface area (Å²) in [4.78, 5) is 0. The fourth-order valence-corrected chi connectivity index (χ4v) is 7.16. The number of anilines is 2. The van der Waals surface area contributed by atoms with Crippen molar-refractivity contribution in [1.82, 2.24) is 4.57 Å². The molecule has 1 aliphatic heterocycles. The second-order valence-electron chi connectivity index (χ2n) is 10.1. The topological polar surface area (TPSA) is 105 Å². The van der Waals surface area contributed by atoms with Gasteiger partial charge >= 0.3 is 0 Å². The number of hydrogen-bond donors (Lipinski definition) is 2. The molecule has 9 heteroatoms. The predicted molar refractivity (Wildman–Crippen MR) is 141 cm³/mol. The minimum Gasteiger partial charge on any atom is -0.486 e. The van der Waals surface area contributed by atoms with Crippen molar-refractivity contribution < 1.29 is 22.6 Å². The molecule has 36 heavy (non-hydrogen) atoms. The number of nitrogens with zero attached hydrogens (tertiary/aromatic N) is 1. The van der Waals surface area contributed by atoms with Crippen LogP contribution >= 0.6 is 0 Å². The lowest BCUT2D eigenvalue weighted by Gasteiger charge is -2.30. The Morgan fingerprint density at radius 1 is 0.944 bits per heavy atom. The van der Waals surface area contributed by atoms with Gasteiger partial charge in [-0.2, -0.15) is 0 Å². The number of nitrogens with one attached hydrogen (secondary N) is 1. The van der Waals surface area contributed by atoms with Crippen LogP contribution in [0.1, 0.15) is 51.0 Å². The van der Waals surface area contributed by atoms with E-state index in [1.165, 1.54) is 6.42 Å². The number of rotatable bonds is 7. The molecule has 6 rings (SSSR count). The van der Waals surface area contributed by atoms with Gasteiger partial charge in [-0.1, -0.05) is 25.0 Å². The van der Waals surface area contributed by atoms with Crippen LogP contribution in [-0.4, -0.2) is 44.3 Å². The van der Waals surface area contributed by atoms with Crippen LogP contribution in [0.2, 0.25) is 0 Å². The van der Waals surface area contributed by atoms with Crippen molar-refractivity contribution >= 4 is 32.3 Å². The Kier molecular flexibility index (Phi) is 6.31. The van der Waals surface area contributed by atoms with Gasteiger partial charge in [0, 0.05) is 28.7 Å². The van der Waals surface area contributed by atoms with Gasteiger partial charge < -0.3 is 24.5 Å². The summed E-state index contributed by atoms with van der Waals surface area (Å²) in [6.07, 6.45) is 6.68. The SMILES string of the molecule is Nc1c(-c2ccc(NS(=O)(=O)C3CCCC3)cc2)n(C2CCC2)c2cc(OC3COCOC3)ccc12. The van der Waals surface area contributed by atoms with E-state index in [-0.39, 0.29) is 11.4 Å². The molecule has 0 bridgehead atoms. The van der Waals surface area contributed by atoms with Crippen LogP contribution in [0.25, 0.3) is 22.2 Å². The third-order valence-electron chi connectivity index (χ3n) is 7.69. The largest absolute Gasteiger partial charge is 0.486 e. The molecule has 1 aromatic heterocycles. The predicted octanol–water partition coefficient (Wildman–Crippen LogP) is 5.05. The van der Waals surface area contributed by atoms with Crippen molar-refractivity contribution in [2.45, 2.75) is 62.3 Å². The van der Waals surface area contributed by atoms with Gasteiger partial charge in [0.25, 0.3) is 0 Å². The first-order valence-corrected chi connectivity index (χ1v) is 14.4. The molecule has 1 saturated heterocycles. The number of ether oxygens (including phenoxy) is 3. The monoisotopic (exact) mass is 511 g/mol. The van der Waals surface area contributed by atoms with Crippen LogP contribution in [0.3, 0.4) is 0 Å². The lowest BCUT2D eigenvalue weighted by Crippen LogP contribution is -2.33. The number of aromatic nitrogens is 1. The maximum absolute atomic E-state index is 12.7. The summed E-state index contributed by atoms with van der Waals surface area (Å²) >= 11 is 0. The van der Waals surface area contributed by atoms with Gasteiger partial charge in [0.1, 0.15) is 18.6 Å². The molecule has 3 aromatic rings. The third-order valence-corrected chi connectivity index (χ3v) is 9.56. The molecule has 8 nitrogen and oxygen atoms in total. The smallest absolute Gasteiger partial charge is 0.235 e. The maximum Gasteiger partial charge on any atom is 0.235 e. The molecule has 2 saturated carbocycles. The molecule has 3 fully saturated rings. The molecule has 0 atom stereocenters. The fraction of sp³-hybridized carbons (Fsp3) is 0.481. The highest BCUT2D eigenvalue weighted by molar-refractivity contribution is 7.93. The van der Waals surface area contributed by atoms with Crippen LogP contribution in [0.15, 0.2) is 42.5 Å². The van der Waals surface area contributed by atoms with Crippen molar-refractivity contribution in [1.29, 1.82) is 0 Å². The highest BCUT2D eigenvalue weighted by Gasteiger charge is 2.30. The standard InChI is InChI=1S/C27H33N3O5S/c28-26-24-13-12-21(35-22-15-33-17-34-16-22)14-25(24)30(20-4-3-5-20)27(26)18-8-10-19(11-9-18)29-36(31,32)23-6-1-2-7-23/h8-14,20,22-23,29H,1-7,15-17,28H2. The van der Waals surface area contributed by atoms with E-state index in [1.54, 1.807) is 0 Å². The summed E-state index contributed by atoms with van der Waals surface area (Å²) in [5, 5.41) is 0.698. The van der Waals surface area contributed by atoms with E-state index in [1.807, 2.05) is 36.4 Å². The van der Waals surface area contributed by atoms with E-state index in [4.69, 9.17) is 19.9 Å². The Hall–Kier alpha value is -2.75. The van der Waals surface area contributed by atoms with Gasteiger partial charge in [-0.3, -0.25) is 4.72 Å². The molecular weight excluding hydrogens is 478 g/mol. The number of benzene rings is 2. The van der Waals surface area contributed by atoms with E-state index >= 15 is 0 Å². The molecule has 0 amide bonds. The van der Waals surface area contributed by atoms with Crippen LogP contribution in [0.4, 0.5) is 11.4 Å². The first kappa shape index (κ1) is 23.6. The zero-order valence-corrected chi connectivity index (χ0v) is 21.1. The lowest BCUT2D eigenvalue weighted by atomic mass is 9.92. The van der Waals surface area contributed by atoms with Crippen molar-refractivity contribution in [2.75, 3.05) is 30.5 Å². The fourth-order valence-electron chi connectivity index (χ4n) is 5.58. The van der Waals surface area contributed by atoms with Crippen molar-refractivity contribution in [3.8, 4) is 17.0 Å². The van der Waals surface area contributed by atoms with Gasteiger partial charge in [0.15, 0.2) is 0 Å². The summed E-state index contributed by atoms with van der Waals surface area (Å²) in [7, 11) is -3.36. The molecule has 3 aliphatic rings. The van der Waals surface area contributed by atoms with Gasteiger partial charge in [0.05, 0.1) is 35.4 Å². The maximum atomic E-state index is 12.7. The zero-order valence-electron chi connectivity index (χ0n) is 20.3. The Morgan fingerprint density at radius 3 is 2.33 bits per heavy atom. The highest BCUT2D eigenvalue weighted by Crippen LogP contribution is 2.45. The molecule has 0 unspecified atom stereocenters. The normalized spacial score (nSPS) is 20.0. The summed E-state index contributed by atoms with van der Waals surface area (Å²) in [5.74, 6) is 0.767. The molecule has 0 radical (unpaired) electrons. The van der Waals surface area contributed by atoms with E-state index in [0.29, 0.717) is 31.7 Å². The average Bonchev–Trinajstić information content (AvgIpc) is 3.48. The Bertz CT molecular complexity index is 1340. The van der Waals surface area contributed by atoms with E-state index in [9.17, 15) is 8.42 Å². The van der Waals surface area contributed by atoms with Gasteiger partial charge in [-0.25, -0.2) is 8.42 Å². The zero-order chi connectivity index (χ0) is 24.7. The first-order chi connectivity index (χ1) is 17.5. The molecule has 0 spiro atoms. The molecule has 2 aromatic carbocycles. The first-order valence-electron chi connectivity index (χ1n) is 12.9. The summed E-state index contributed by atoms with van der Waals surface area (Å²) < 4.78 is 47.5. The van der Waals surface area contributed by atoms with Crippen molar-refractivity contribution in [2.24, 2.45) is 0 Å². The molecular formula is C27H33N3O5S. The van der Waals surface area contributed by atoms with Gasteiger partial charge in [-0.15, -0.1) is 0 Å². The van der Waals surface area contributed by atoms with Crippen LogP contribution < -0.4 is 15.2 Å². The van der Waals surface area contributed by atoms with E-state index in [0.717, 1.165) is 72.1 Å². The van der Waals surface area contributed by atoms with Crippen molar-refractivity contribution in [3.05, 3.63) is 42.5 Å².